The monoisotopic (exact) mass is 431 g/mol. The third-order valence-electron chi connectivity index (χ3n) is 5.83. The molecule has 0 amide bonds. The fraction of sp³-hybridized carbons (Fsp3) is 1.00. The lowest BCUT2D eigenvalue weighted by Crippen LogP contribution is -2.23. The molecule has 0 bridgehead atoms. The average Bonchev–Trinajstić information content (AvgIpc) is 2.78. The quantitative estimate of drug-likeness (QED) is 0.231. The molecule has 1 aliphatic rings. The lowest BCUT2D eigenvalue weighted by molar-refractivity contribution is 0.262. The summed E-state index contributed by atoms with van der Waals surface area (Å²) in [6, 6.07) is 0. The highest BCUT2D eigenvalue weighted by Gasteiger charge is 2.20. The Balaban J connectivity index is -0.000000368. The van der Waals surface area contributed by atoms with E-state index in [2.05, 4.69) is 59.5 Å². The standard InChI is InChI=1S/C11H25N.C10H20S.C4H10.C2H6/c1-4-7-11(8-5-2)10-12-9-6-3;1-2-9(8-11)10-6-4-3-5-7-10;1-3-4-2;1-2/h11-12H,4-10H2,1-3H3;9-11H,2-8H2,1H3;3-4H2,1-2H3;1-2H3. The fourth-order valence-electron chi connectivity index (χ4n) is 3.86. The number of unbranched alkanes of at least 4 members (excludes halogenated alkanes) is 1. The Morgan fingerprint density at radius 1 is 0.759 bits per heavy atom. The molecule has 0 saturated heterocycles. The zero-order chi connectivity index (χ0) is 22.8. The van der Waals surface area contributed by atoms with Crippen molar-refractivity contribution in [3.8, 4) is 0 Å². The summed E-state index contributed by atoms with van der Waals surface area (Å²) in [5.74, 6) is 3.93. The van der Waals surface area contributed by atoms with Gasteiger partial charge < -0.3 is 5.32 Å². The first-order valence-corrected chi connectivity index (χ1v) is 14.1. The second kappa shape index (κ2) is 30.5. The summed E-state index contributed by atoms with van der Waals surface area (Å²) < 4.78 is 0. The number of thiol groups is 1. The molecule has 0 aromatic carbocycles. The molecule has 1 atom stereocenters. The van der Waals surface area contributed by atoms with Gasteiger partial charge in [-0.2, -0.15) is 12.6 Å². The van der Waals surface area contributed by atoms with Crippen molar-refractivity contribution in [2.45, 2.75) is 139 Å². The van der Waals surface area contributed by atoms with E-state index >= 15 is 0 Å². The first kappa shape index (κ1) is 33.9. The van der Waals surface area contributed by atoms with Crippen LogP contribution in [-0.4, -0.2) is 18.8 Å². The minimum absolute atomic E-state index is 0.902. The Morgan fingerprint density at radius 2 is 1.28 bits per heavy atom. The van der Waals surface area contributed by atoms with Crippen molar-refractivity contribution in [3.63, 3.8) is 0 Å². The molecular weight excluding hydrogens is 370 g/mol. The van der Waals surface area contributed by atoms with Crippen LogP contribution in [0, 0.1) is 17.8 Å². The van der Waals surface area contributed by atoms with E-state index in [1.807, 2.05) is 13.8 Å². The van der Waals surface area contributed by atoms with Crippen molar-refractivity contribution in [1.29, 1.82) is 0 Å². The number of rotatable bonds is 12. The Morgan fingerprint density at radius 3 is 1.62 bits per heavy atom. The predicted octanol–water partition coefficient (Wildman–Crippen LogP) is 9.56. The highest BCUT2D eigenvalue weighted by molar-refractivity contribution is 7.80. The van der Waals surface area contributed by atoms with Gasteiger partial charge in [-0.3, -0.25) is 0 Å². The summed E-state index contributed by atoms with van der Waals surface area (Å²) in [7, 11) is 0. The zero-order valence-electron chi connectivity index (χ0n) is 22.0. The van der Waals surface area contributed by atoms with E-state index in [1.54, 1.807) is 0 Å². The van der Waals surface area contributed by atoms with Crippen molar-refractivity contribution in [2.75, 3.05) is 18.8 Å². The molecule has 29 heavy (non-hydrogen) atoms. The normalized spacial score (nSPS) is 14.7. The highest BCUT2D eigenvalue weighted by Crippen LogP contribution is 2.32. The lowest BCUT2D eigenvalue weighted by Gasteiger charge is -2.28. The maximum atomic E-state index is 4.41. The van der Waals surface area contributed by atoms with Gasteiger partial charge in [-0.25, -0.2) is 0 Å². The van der Waals surface area contributed by atoms with Gasteiger partial charge in [-0.05, 0) is 55.9 Å². The van der Waals surface area contributed by atoms with E-state index in [-0.39, 0.29) is 0 Å². The smallest absolute Gasteiger partial charge is 0.00205 e. The number of nitrogens with one attached hydrogen (secondary N) is 1. The van der Waals surface area contributed by atoms with Gasteiger partial charge in [-0.15, -0.1) is 0 Å². The van der Waals surface area contributed by atoms with Crippen molar-refractivity contribution < 1.29 is 0 Å². The second-order valence-electron chi connectivity index (χ2n) is 8.40. The molecule has 2 heteroatoms. The summed E-state index contributed by atoms with van der Waals surface area (Å²) in [6.45, 7) is 19.9. The van der Waals surface area contributed by atoms with Crippen LogP contribution in [0.3, 0.4) is 0 Å². The molecule has 1 N–H and O–H groups in total. The van der Waals surface area contributed by atoms with Crippen molar-refractivity contribution in [3.05, 3.63) is 0 Å². The van der Waals surface area contributed by atoms with E-state index in [0.29, 0.717) is 0 Å². The molecule has 0 heterocycles. The molecule has 1 unspecified atom stereocenters. The Hall–Kier alpha value is 0.310. The van der Waals surface area contributed by atoms with Crippen LogP contribution >= 0.6 is 12.6 Å². The number of hydrogen-bond donors (Lipinski definition) is 2. The summed E-state index contributed by atoms with van der Waals surface area (Å²) in [6.07, 6.45) is 18.0. The Bertz CT molecular complexity index is 239. The van der Waals surface area contributed by atoms with Gasteiger partial charge in [0.25, 0.3) is 0 Å². The molecule has 1 rings (SSSR count). The second-order valence-corrected chi connectivity index (χ2v) is 8.76. The first-order chi connectivity index (χ1) is 14.1. The van der Waals surface area contributed by atoms with E-state index in [9.17, 15) is 0 Å². The minimum Gasteiger partial charge on any atom is -0.316 e. The third-order valence-corrected chi connectivity index (χ3v) is 6.30. The van der Waals surface area contributed by atoms with Gasteiger partial charge in [-0.1, -0.05) is 120 Å². The third kappa shape index (κ3) is 24.5. The fourth-order valence-corrected chi connectivity index (χ4v) is 4.42. The van der Waals surface area contributed by atoms with Crippen molar-refractivity contribution >= 4 is 12.6 Å². The van der Waals surface area contributed by atoms with Gasteiger partial charge in [0.1, 0.15) is 0 Å². The van der Waals surface area contributed by atoms with Crippen LogP contribution in [0.5, 0.6) is 0 Å². The lowest BCUT2D eigenvalue weighted by atomic mass is 9.80. The first-order valence-electron chi connectivity index (χ1n) is 13.5. The Kier molecular flexibility index (Phi) is 35.7. The largest absolute Gasteiger partial charge is 0.316 e. The summed E-state index contributed by atoms with van der Waals surface area (Å²) in [5.41, 5.74) is 0. The maximum Gasteiger partial charge on any atom is -0.00205 e. The van der Waals surface area contributed by atoms with E-state index in [0.717, 1.165) is 23.5 Å². The molecule has 0 aliphatic heterocycles. The topological polar surface area (TPSA) is 12.0 Å². The zero-order valence-corrected chi connectivity index (χ0v) is 22.9. The molecule has 180 valence electrons. The van der Waals surface area contributed by atoms with E-state index < -0.39 is 0 Å². The molecule has 0 radical (unpaired) electrons. The highest BCUT2D eigenvalue weighted by atomic mass is 32.1. The van der Waals surface area contributed by atoms with Crippen LogP contribution in [0.4, 0.5) is 0 Å². The minimum atomic E-state index is 0.902. The molecule has 0 spiro atoms. The van der Waals surface area contributed by atoms with Crippen LogP contribution in [0.25, 0.3) is 0 Å². The molecular formula is C27H61NS. The van der Waals surface area contributed by atoms with Crippen LogP contribution < -0.4 is 5.32 Å². The SMILES string of the molecule is CC.CCC(CS)C1CCCCC1.CCCC.CCCNCC(CCC)CCC. The van der Waals surface area contributed by atoms with Gasteiger partial charge in [0, 0.05) is 0 Å². The van der Waals surface area contributed by atoms with Gasteiger partial charge in [0.15, 0.2) is 0 Å². The van der Waals surface area contributed by atoms with Crippen LogP contribution in [0.2, 0.25) is 0 Å². The summed E-state index contributed by atoms with van der Waals surface area (Å²) in [4.78, 5) is 0. The van der Waals surface area contributed by atoms with Crippen LogP contribution in [-0.2, 0) is 0 Å². The molecule has 1 saturated carbocycles. The van der Waals surface area contributed by atoms with Gasteiger partial charge in [0.05, 0.1) is 0 Å². The Labute approximate surface area is 193 Å². The van der Waals surface area contributed by atoms with E-state index in [4.69, 9.17) is 0 Å². The summed E-state index contributed by atoms with van der Waals surface area (Å²) in [5, 5.41) is 3.50. The van der Waals surface area contributed by atoms with Crippen molar-refractivity contribution in [2.24, 2.45) is 17.8 Å². The van der Waals surface area contributed by atoms with Gasteiger partial charge >= 0.3 is 0 Å². The van der Waals surface area contributed by atoms with E-state index in [1.165, 1.54) is 96.6 Å². The maximum absolute atomic E-state index is 4.41. The molecule has 1 aliphatic carbocycles. The van der Waals surface area contributed by atoms with Crippen LogP contribution in [0.15, 0.2) is 0 Å². The molecule has 1 nitrogen and oxygen atoms in total. The van der Waals surface area contributed by atoms with Crippen LogP contribution in [0.1, 0.15) is 139 Å². The summed E-state index contributed by atoms with van der Waals surface area (Å²) >= 11 is 4.41. The predicted molar refractivity (Wildman–Crippen MR) is 143 cm³/mol. The molecule has 1 fully saturated rings. The average molecular weight is 432 g/mol. The molecule has 0 aromatic heterocycles. The number of hydrogen-bond acceptors (Lipinski definition) is 2. The molecule has 0 aromatic rings. The van der Waals surface area contributed by atoms with Gasteiger partial charge in [0.2, 0.25) is 0 Å². The van der Waals surface area contributed by atoms with Crippen molar-refractivity contribution in [1.82, 2.24) is 5.32 Å².